The Bertz CT molecular complexity index is 1210. The van der Waals surface area contributed by atoms with Gasteiger partial charge in [-0.2, -0.15) is 0 Å². The Labute approximate surface area is 258 Å². The van der Waals surface area contributed by atoms with E-state index in [0.717, 1.165) is 49.4 Å². The van der Waals surface area contributed by atoms with Gasteiger partial charge in [-0.3, -0.25) is 9.69 Å². The number of alkyl carbamates (subject to hydrolysis) is 1. The van der Waals surface area contributed by atoms with Crippen molar-refractivity contribution in [3.63, 3.8) is 0 Å². The summed E-state index contributed by atoms with van der Waals surface area (Å²) >= 11 is 18.8. The Balaban J connectivity index is 1.41. The summed E-state index contributed by atoms with van der Waals surface area (Å²) < 4.78 is 11.7. The van der Waals surface area contributed by atoms with E-state index >= 15 is 0 Å². The van der Waals surface area contributed by atoms with Gasteiger partial charge in [0.2, 0.25) is 5.91 Å². The number of likely N-dealkylation sites (tertiary alicyclic amines) is 2. The van der Waals surface area contributed by atoms with Gasteiger partial charge < -0.3 is 19.7 Å². The zero-order valence-corrected chi connectivity index (χ0v) is 26.3. The fourth-order valence-corrected chi connectivity index (χ4v) is 6.10. The fourth-order valence-electron chi connectivity index (χ4n) is 5.45. The molecule has 1 N–H and O–H groups in total. The van der Waals surface area contributed by atoms with Gasteiger partial charge >= 0.3 is 6.09 Å². The number of amides is 2. The number of piperidine rings is 1. The van der Waals surface area contributed by atoms with Crippen molar-refractivity contribution in [2.75, 3.05) is 39.3 Å². The molecule has 7 nitrogen and oxygen atoms in total. The van der Waals surface area contributed by atoms with Gasteiger partial charge in [0.05, 0.1) is 0 Å². The van der Waals surface area contributed by atoms with E-state index in [1.807, 2.05) is 23.1 Å². The lowest BCUT2D eigenvalue weighted by molar-refractivity contribution is -0.134. The van der Waals surface area contributed by atoms with Crippen LogP contribution in [0.15, 0.2) is 36.4 Å². The average molecular weight is 625 g/mol. The molecule has 2 aromatic rings. The zero-order valence-electron chi connectivity index (χ0n) is 24.1. The molecule has 0 aromatic heterocycles. The van der Waals surface area contributed by atoms with Crippen LogP contribution in [0, 0.1) is 0 Å². The summed E-state index contributed by atoms with van der Waals surface area (Å²) in [6.07, 6.45) is 3.63. The Morgan fingerprint density at radius 3 is 2.29 bits per heavy atom. The summed E-state index contributed by atoms with van der Waals surface area (Å²) in [5.41, 5.74) is 1.15. The standard InChI is InChI=1S/C31H40Cl3N3O4/c1-31(2,3)41-30(39)35-27(18-22-6-7-23(32)19-26(22)34)29(38)37-14-10-21(11-15-37)25-9-8-24(33)20-28(25)40-17-16-36-12-4-5-13-36/h6-9,19-21,27H,4-5,10-18H2,1-3H3,(H,35,39)/t27-/m1/s1. The normalized spacial score (nSPS) is 17.4. The molecule has 4 rings (SSSR count). The minimum atomic E-state index is -0.833. The number of nitrogens with one attached hydrogen (secondary N) is 1. The number of hydrogen-bond donors (Lipinski definition) is 1. The second-order valence-electron chi connectivity index (χ2n) is 11.8. The van der Waals surface area contributed by atoms with Gasteiger partial charge in [-0.1, -0.05) is 46.9 Å². The third-order valence-electron chi connectivity index (χ3n) is 7.51. The second kappa shape index (κ2) is 14.3. The van der Waals surface area contributed by atoms with Gasteiger partial charge in [-0.15, -0.1) is 0 Å². The Hall–Kier alpha value is -2.19. The Kier molecular flexibility index (Phi) is 11.1. The molecule has 0 bridgehead atoms. The molecular formula is C31H40Cl3N3O4. The van der Waals surface area contributed by atoms with Gasteiger partial charge in [-0.25, -0.2) is 4.79 Å². The predicted molar refractivity (Wildman–Crippen MR) is 164 cm³/mol. The largest absolute Gasteiger partial charge is 0.492 e. The molecule has 224 valence electrons. The maximum absolute atomic E-state index is 13.7. The second-order valence-corrected chi connectivity index (χ2v) is 13.1. The van der Waals surface area contributed by atoms with Crippen LogP contribution >= 0.6 is 34.8 Å². The van der Waals surface area contributed by atoms with Crippen molar-refractivity contribution < 1.29 is 19.1 Å². The highest BCUT2D eigenvalue weighted by Crippen LogP contribution is 2.36. The van der Waals surface area contributed by atoms with Gasteiger partial charge in [0, 0.05) is 41.1 Å². The fraction of sp³-hybridized carbons (Fsp3) is 0.548. The van der Waals surface area contributed by atoms with E-state index in [4.69, 9.17) is 44.3 Å². The maximum Gasteiger partial charge on any atom is 0.408 e. The molecule has 0 radical (unpaired) electrons. The molecule has 41 heavy (non-hydrogen) atoms. The van der Waals surface area contributed by atoms with E-state index in [1.165, 1.54) is 12.8 Å². The van der Waals surface area contributed by atoms with Crippen LogP contribution in [0.2, 0.25) is 15.1 Å². The average Bonchev–Trinajstić information content (AvgIpc) is 3.42. The van der Waals surface area contributed by atoms with E-state index in [-0.39, 0.29) is 18.2 Å². The van der Waals surface area contributed by atoms with Crippen LogP contribution in [0.5, 0.6) is 5.75 Å². The number of ether oxygens (including phenoxy) is 2. The molecule has 0 unspecified atom stereocenters. The van der Waals surface area contributed by atoms with E-state index in [1.54, 1.807) is 39.0 Å². The summed E-state index contributed by atoms with van der Waals surface area (Å²) in [7, 11) is 0. The first kappa shape index (κ1) is 31.7. The molecule has 1 atom stereocenters. The van der Waals surface area contributed by atoms with Crippen LogP contribution in [0.4, 0.5) is 4.79 Å². The van der Waals surface area contributed by atoms with Crippen LogP contribution < -0.4 is 10.1 Å². The first-order valence-corrected chi connectivity index (χ1v) is 15.5. The van der Waals surface area contributed by atoms with Crippen molar-refractivity contribution >= 4 is 46.8 Å². The van der Waals surface area contributed by atoms with Crippen LogP contribution in [-0.2, 0) is 16.0 Å². The number of nitrogens with zero attached hydrogens (tertiary/aromatic N) is 2. The number of rotatable bonds is 9. The minimum Gasteiger partial charge on any atom is -0.492 e. The summed E-state index contributed by atoms with van der Waals surface area (Å²) in [4.78, 5) is 30.7. The van der Waals surface area contributed by atoms with Crippen molar-refractivity contribution in [2.24, 2.45) is 0 Å². The molecular weight excluding hydrogens is 585 g/mol. The molecule has 2 aliphatic rings. The van der Waals surface area contributed by atoms with Gasteiger partial charge in [0.15, 0.2) is 0 Å². The number of hydrogen-bond acceptors (Lipinski definition) is 5. The number of halogens is 3. The van der Waals surface area contributed by atoms with Crippen LogP contribution in [0.25, 0.3) is 0 Å². The highest BCUT2D eigenvalue weighted by molar-refractivity contribution is 6.35. The quantitative estimate of drug-likeness (QED) is 0.327. The van der Waals surface area contributed by atoms with Crippen LogP contribution in [-0.4, -0.2) is 72.8 Å². The molecule has 2 amide bonds. The molecule has 0 saturated carbocycles. The smallest absolute Gasteiger partial charge is 0.408 e. The van der Waals surface area contributed by atoms with E-state index in [2.05, 4.69) is 10.2 Å². The Morgan fingerprint density at radius 2 is 1.63 bits per heavy atom. The lowest BCUT2D eigenvalue weighted by Gasteiger charge is -2.35. The van der Waals surface area contributed by atoms with E-state index in [9.17, 15) is 9.59 Å². The minimum absolute atomic E-state index is 0.168. The molecule has 0 aliphatic carbocycles. The zero-order chi connectivity index (χ0) is 29.6. The summed E-state index contributed by atoms with van der Waals surface area (Å²) in [6, 6.07) is 10.1. The summed E-state index contributed by atoms with van der Waals surface area (Å²) in [5.74, 6) is 0.892. The first-order valence-electron chi connectivity index (χ1n) is 14.4. The number of carbonyl (C=O) groups excluding carboxylic acids is 2. The SMILES string of the molecule is CC(C)(C)OC(=O)N[C@H](Cc1ccc(Cl)cc1Cl)C(=O)N1CCC(c2ccc(Cl)cc2OCCN2CCCC2)CC1. The summed E-state index contributed by atoms with van der Waals surface area (Å²) in [6.45, 7) is 10.2. The van der Waals surface area contributed by atoms with Crippen molar-refractivity contribution in [1.29, 1.82) is 0 Å². The predicted octanol–water partition coefficient (Wildman–Crippen LogP) is 6.96. The maximum atomic E-state index is 13.7. The molecule has 0 spiro atoms. The van der Waals surface area contributed by atoms with Crippen LogP contribution in [0.1, 0.15) is 63.5 Å². The molecule has 2 aliphatic heterocycles. The number of benzene rings is 2. The molecule has 2 heterocycles. The molecule has 10 heteroatoms. The lowest BCUT2D eigenvalue weighted by Crippen LogP contribution is -2.52. The van der Waals surface area contributed by atoms with Crippen LogP contribution in [0.3, 0.4) is 0 Å². The first-order chi connectivity index (χ1) is 19.5. The highest BCUT2D eigenvalue weighted by atomic mass is 35.5. The van der Waals surface area contributed by atoms with Crippen molar-refractivity contribution in [1.82, 2.24) is 15.1 Å². The molecule has 2 saturated heterocycles. The topological polar surface area (TPSA) is 71.1 Å². The number of carbonyl (C=O) groups is 2. The van der Waals surface area contributed by atoms with Crippen molar-refractivity contribution in [2.45, 2.75) is 70.4 Å². The highest BCUT2D eigenvalue weighted by Gasteiger charge is 2.32. The third-order valence-corrected chi connectivity index (χ3v) is 8.34. The van der Waals surface area contributed by atoms with E-state index < -0.39 is 17.7 Å². The van der Waals surface area contributed by atoms with E-state index in [0.29, 0.717) is 34.8 Å². The Morgan fingerprint density at radius 1 is 0.976 bits per heavy atom. The van der Waals surface area contributed by atoms with Gasteiger partial charge in [0.25, 0.3) is 0 Å². The van der Waals surface area contributed by atoms with Gasteiger partial charge in [0.1, 0.15) is 24.0 Å². The van der Waals surface area contributed by atoms with Crippen molar-refractivity contribution in [3.8, 4) is 5.75 Å². The van der Waals surface area contributed by atoms with Gasteiger partial charge in [-0.05, 0) is 101 Å². The third kappa shape index (κ3) is 9.40. The lowest BCUT2D eigenvalue weighted by atomic mass is 9.88. The summed E-state index contributed by atoms with van der Waals surface area (Å²) in [5, 5.41) is 4.38. The monoisotopic (exact) mass is 623 g/mol. The molecule has 2 aromatic carbocycles. The molecule has 2 fully saturated rings. The van der Waals surface area contributed by atoms with Crippen molar-refractivity contribution in [3.05, 3.63) is 62.6 Å².